The fourth-order valence-electron chi connectivity index (χ4n) is 2.20. The predicted octanol–water partition coefficient (Wildman–Crippen LogP) is 4.56. The zero-order chi connectivity index (χ0) is 12.8. The molecule has 0 fully saturated rings. The third kappa shape index (κ3) is 4.50. The first-order valence-electron chi connectivity index (χ1n) is 6.25. The highest BCUT2D eigenvalue weighted by atomic mass is 35.5. The molecule has 2 unspecified atom stereocenters. The van der Waals surface area contributed by atoms with Crippen molar-refractivity contribution in [1.82, 2.24) is 5.32 Å². The second kappa shape index (κ2) is 7.25. The van der Waals surface area contributed by atoms with E-state index in [1.165, 1.54) is 0 Å². The zero-order valence-corrected chi connectivity index (χ0v) is 12.3. The van der Waals surface area contributed by atoms with Gasteiger partial charge in [0.05, 0.1) is 0 Å². The van der Waals surface area contributed by atoms with Gasteiger partial charge in [0.2, 0.25) is 0 Å². The maximum Gasteiger partial charge on any atom is 0.0439 e. The number of halogens is 2. The van der Waals surface area contributed by atoms with Crippen molar-refractivity contribution in [1.29, 1.82) is 0 Å². The lowest BCUT2D eigenvalue weighted by Gasteiger charge is -2.24. The summed E-state index contributed by atoms with van der Waals surface area (Å²) in [6.45, 7) is 7.62. The summed E-state index contributed by atoms with van der Waals surface area (Å²) in [7, 11) is 0. The van der Waals surface area contributed by atoms with Crippen LogP contribution in [0.15, 0.2) is 18.2 Å². The van der Waals surface area contributed by atoms with Crippen LogP contribution in [0.4, 0.5) is 0 Å². The van der Waals surface area contributed by atoms with Crippen LogP contribution in [0, 0.1) is 5.92 Å². The molecule has 0 spiro atoms. The van der Waals surface area contributed by atoms with E-state index in [-0.39, 0.29) is 0 Å². The van der Waals surface area contributed by atoms with Crippen LogP contribution in [0.3, 0.4) is 0 Å². The molecular weight excluding hydrogens is 253 g/mol. The van der Waals surface area contributed by atoms with Gasteiger partial charge in [0, 0.05) is 16.1 Å². The van der Waals surface area contributed by atoms with Crippen LogP contribution in [0.1, 0.15) is 32.8 Å². The van der Waals surface area contributed by atoms with E-state index in [1.54, 1.807) is 0 Å². The molecule has 1 N–H and O–H groups in total. The second-order valence-corrected chi connectivity index (χ2v) is 5.33. The Morgan fingerprint density at radius 1 is 1.24 bits per heavy atom. The third-order valence-electron chi connectivity index (χ3n) is 3.14. The SMILES string of the molecule is CCNC(CC)C(C)Cc1cc(Cl)ccc1Cl. The van der Waals surface area contributed by atoms with Gasteiger partial charge in [-0.05, 0) is 49.1 Å². The molecule has 0 aliphatic carbocycles. The number of hydrogen-bond donors (Lipinski definition) is 1. The Balaban J connectivity index is 2.72. The van der Waals surface area contributed by atoms with E-state index in [9.17, 15) is 0 Å². The minimum atomic E-state index is 0.537. The Hall–Kier alpha value is -0.240. The van der Waals surface area contributed by atoms with Crippen LogP contribution in [0.5, 0.6) is 0 Å². The van der Waals surface area contributed by atoms with Crippen LogP contribution in [0.25, 0.3) is 0 Å². The molecule has 1 aromatic rings. The predicted molar refractivity (Wildman–Crippen MR) is 77.1 cm³/mol. The molecule has 1 aromatic carbocycles. The van der Waals surface area contributed by atoms with Crippen LogP contribution >= 0.6 is 23.2 Å². The van der Waals surface area contributed by atoms with Gasteiger partial charge in [-0.15, -0.1) is 0 Å². The number of rotatable bonds is 6. The zero-order valence-electron chi connectivity index (χ0n) is 10.8. The summed E-state index contributed by atoms with van der Waals surface area (Å²) in [5, 5.41) is 5.08. The topological polar surface area (TPSA) is 12.0 Å². The summed E-state index contributed by atoms with van der Waals surface area (Å²) in [4.78, 5) is 0. The van der Waals surface area contributed by atoms with Crippen molar-refractivity contribution in [2.45, 2.75) is 39.7 Å². The van der Waals surface area contributed by atoms with Gasteiger partial charge in [-0.25, -0.2) is 0 Å². The normalized spacial score (nSPS) is 14.6. The Morgan fingerprint density at radius 2 is 1.94 bits per heavy atom. The smallest absolute Gasteiger partial charge is 0.0439 e. The summed E-state index contributed by atoms with van der Waals surface area (Å²) >= 11 is 12.2. The first kappa shape index (κ1) is 14.8. The molecule has 3 heteroatoms. The highest BCUT2D eigenvalue weighted by molar-refractivity contribution is 6.33. The van der Waals surface area contributed by atoms with E-state index < -0.39 is 0 Å². The van der Waals surface area contributed by atoms with Crippen LogP contribution in [-0.2, 0) is 6.42 Å². The summed E-state index contributed by atoms with van der Waals surface area (Å²) in [5.41, 5.74) is 1.14. The molecule has 0 radical (unpaired) electrons. The molecule has 0 aromatic heterocycles. The highest BCUT2D eigenvalue weighted by Crippen LogP contribution is 2.24. The number of benzene rings is 1. The van der Waals surface area contributed by atoms with Crippen molar-refractivity contribution in [2.75, 3.05) is 6.54 Å². The van der Waals surface area contributed by atoms with Crippen molar-refractivity contribution in [3.8, 4) is 0 Å². The fourth-order valence-corrected chi connectivity index (χ4v) is 2.59. The lowest BCUT2D eigenvalue weighted by Crippen LogP contribution is -2.35. The summed E-state index contributed by atoms with van der Waals surface area (Å²) < 4.78 is 0. The van der Waals surface area contributed by atoms with E-state index in [2.05, 4.69) is 26.1 Å². The van der Waals surface area contributed by atoms with Gasteiger partial charge in [-0.3, -0.25) is 0 Å². The third-order valence-corrected chi connectivity index (χ3v) is 3.75. The van der Waals surface area contributed by atoms with Gasteiger partial charge in [0.1, 0.15) is 0 Å². The van der Waals surface area contributed by atoms with E-state index >= 15 is 0 Å². The second-order valence-electron chi connectivity index (χ2n) is 4.49. The molecule has 1 rings (SSSR count). The lowest BCUT2D eigenvalue weighted by atomic mass is 9.92. The van der Waals surface area contributed by atoms with Gasteiger partial charge < -0.3 is 5.32 Å². The molecule has 96 valence electrons. The summed E-state index contributed by atoms with van der Waals surface area (Å²) in [6, 6.07) is 6.22. The van der Waals surface area contributed by atoms with Gasteiger partial charge in [0.15, 0.2) is 0 Å². The number of hydrogen-bond acceptors (Lipinski definition) is 1. The van der Waals surface area contributed by atoms with Crippen molar-refractivity contribution < 1.29 is 0 Å². The minimum absolute atomic E-state index is 0.537. The average Bonchev–Trinajstić information content (AvgIpc) is 2.30. The average molecular weight is 274 g/mol. The monoisotopic (exact) mass is 273 g/mol. The van der Waals surface area contributed by atoms with Crippen LogP contribution < -0.4 is 5.32 Å². The van der Waals surface area contributed by atoms with Crippen molar-refractivity contribution in [3.63, 3.8) is 0 Å². The fraction of sp³-hybridized carbons (Fsp3) is 0.571. The van der Waals surface area contributed by atoms with Crippen molar-refractivity contribution in [3.05, 3.63) is 33.8 Å². The summed E-state index contributed by atoms with van der Waals surface area (Å²) in [5.74, 6) is 0.552. The minimum Gasteiger partial charge on any atom is -0.314 e. The Labute approximate surface area is 115 Å². The van der Waals surface area contributed by atoms with Crippen LogP contribution in [-0.4, -0.2) is 12.6 Å². The Kier molecular flexibility index (Phi) is 6.32. The van der Waals surface area contributed by atoms with Crippen molar-refractivity contribution in [2.24, 2.45) is 5.92 Å². The van der Waals surface area contributed by atoms with E-state index in [1.807, 2.05) is 18.2 Å². The van der Waals surface area contributed by atoms with Gasteiger partial charge in [-0.2, -0.15) is 0 Å². The first-order chi connectivity index (χ1) is 8.08. The summed E-state index contributed by atoms with van der Waals surface area (Å²) in [6.07, 6.45) is 2.10. The molecule has 17 heavy (non-hydrogen) atoms. The quantitative estimate of drug-likeness (QED) is 0.801. The van der Waals surface area contributed by atoms with Gasteiger partial charge in [-0.1, -0.05) is 44.0 Å². The molecule has 1 nitrogen and oxygen atoms in total. The molecule has 0 aliphatic rings. The molecule has 0 saturated heterocycles. The van der Waals surface area contributed by atoms with Crippen LogP contribution in [0.2, 0.25) is 10.0 Å². The maximum absolute atomic E-state index is 6.19. The largest absolute Gasteiger partial charge is 0.314 e. The molecule has 0 heterocycles. The molecule has 0 aliphatic heterocycles. The first-order valence-corrected chi connectivity index (χ1v) is 7.01. The van der Waals surface area contributed by atoms with Gasteiger partial charge >= 0.3 is 0 Å². The van der Waals surface area contributed by atoms with E-state index in [0.29, 0.717) is 12.0 Å². The molecule has 0 saturated carbocycles. The Morgan fingerprint density at radius 3 is 2.53 bits per heavy atom. The van der Waals surface area contributed by atoms with E-state index in [0.717, 1.165) is 35.0 Å². The van der Waals surface area contributed by atoms with E-state index in [4.69, 9.17) is 23.2 Å². The maximum atomic E-state index is 6.19. The standard InChI is InChI=1S/C14H21Cl2N/c1-4-14(17-5-2)10(3)8-11-9-12(15)6-7-13(11)16/h6-7,9-10,14,17H,4-5,8H2,1-3H3. The lowest BCUT2D eigenvalue weighted by molar-refractivity contribution is 0.371. The van der Waals surface area contributed by atoms with Gasteiger partial charge in [0.25, 0.3) is 0 Å². The molecule has 2 atom stereocenters. The highest BCUT2D eigenvalue weighted by Gasteiger charge is 2.16. The molecule has 0 amide bonds. The van der Waals surface area contributed by atoms with Crippen molar-refractivity contribution >= 4 is 23.2 Å². The molecular formula is C14H21Cl2N. The molecule has 0 bridgehead atoms. The Bertz CT molecular complexity index is 352. The number of nitrogens with one attached hydrogen (secondary N) is 1.